The summed E-state index contributed by atoms with van der Waals surface area (Å²) in [5.74, 6) is 0.691. The zero-order chi connectivity index (χ0) is 14.4. The molecule has 1 aromatic rings. The summed E-state index contributed by atoms with van der Waals surface area (Å²) in [6, 6.07) is 3.45. The van der Waals surface area contributed by atoms with Crippen LogP contribution in [0.1, 0.15) is 31.2 Å². The number of guanidine groups is 1. The van der Waals surface area contributed by atoms with E-state index in [2.05, 4.69) is 15.6 Å². The lowest BCUT2D eigenvalue weighted by atomic mass is 10.2. The summed E-state index contributed by atoms with van der Waals surface area (Å²) in [6.45, 7) is 1.06. The van der Waals surface area contributed by atoms with E-state index in [9.17, 15) is 8.78 Å². The second-order valence-electron chi connectivity index (χ2n) is 5.17. The molecule has 1 aliphatic carbocycles. The fourth-order valence-electron chi connectivity index (χ4n) is 2.08. The van der Waals surface area contributed by atoms with Crippen molar-refractivity contribution >= 4 is 5.96 Å². The van der Waals surface area contributed by atoms with Gasteiger partial charge in [-0.1, -0.05) is 12.8 Å². The summed E-state index contributed by atoms with van der Waals surface area (Å²) in [4.78, 5) is 4.07. The monoisotopic (exact) mass is 281 g/mol. The quantitative estimate of drug-likeness (QED) is 0.478. The Bertz CT molecular complexity index is 470. The Balaban J connectivity index is 1.73. The average molecular weight is 281 g/mol. The summed E-state index contributed by atoms with van der Waals surface area (Å²) in [5.41, 5.74) is 0.297. The highest BCUT2D eigenvalue weighted by Crippen LogP contribution is 2.33. The predicted octanol–water partition coefficient (Wildman–Crippen LogP) is 2.82. The summed E-state index contributed by atoms with van der Waals surface area (Å²) >= 11 is 0. The van der Waals surface area contributed by atoms with Gasteiger partial charge in [-0.05, 0) is 37.0 Å². The van der Waals surface area contributed by atoms with Crippen molar-refractivity contribution in [2.75, 3.05) is 13.6 Å². The van der Waals surface area contributed by atoms with Gasteiger partial charge < -0.3 is 10.6 Å². The lowest BCUT2D eigenvalue weighted by molar-refractivity contribution is 0.580. The van der Waals surface area contributed by atoms with E-state index in [1.54, 1.807) is 7.05 Å². The Labute approximate surface area is 118 Å². The van der Waals surface area contributed by atoms with Crippen LogP contribution in [0.4, 0.5) is 8.78 Å². The molecule has 0 saturated heterocycles. The summed E-state index contributed by atoms with van der Waals surface area (Å²) in [5, 5.41) is 6.17. The molecule has 0 unspecified atom stereocenters. The number of nitrogens with zero attached hydrogens (tertiary/aromatic N) is 1. The van der Waals surface area contributed by atoms with Crippen molar-refractivity contribution in [3.8, 4) is 0 Å². The summed E-state index contributed by atoms with van der Waals surface area (Å²) in [7, 11) is 1.66. The van der Waals surface area contributed by atoms with Crippen molar-refractivity contribution in [2.24, 2.45) is 10.9 Å². The molecule has 0 spiro atoms. The van der Waals surface area contributed by atoms with Crippen LogP contribution in [0.5, 0.6) is 0 Å². The molecule has 1 fully saturated rings. The zero-order valence-corrected chi connectivity index (χ0v) is 11.8. The number of halogens is 2. The van der Waals surface area contributed by atoms with Crippen LogP contribution >= 0.6 is 0 Å². The van der Waals surface area contributed by atoms with Gasteiger partial charge in [0, 0.05) is 25.7 Å². The maximum Gasteiger partial charge on any atom is 0.191 e. The van der Waals surface area contributed by atoms with Crippen molar-refractivity contribution < 1.29 is 8.78 Å². The highest BCUT2D eigenvalue weighted by Gasteiger charge is 2.19. The molecule has 0 bridgehead atoms. The van der Waals surface area contributed by atoms with E-state index >= 15 is 0 Å². The minimum absolute atomic E-state index is 0.214. The van der Waals surface area contributed by atoms with Crippen LogP contribution in [-0.2, 0) is 6.54 Å². The van der Waals surface area contributed by atoms with Gasteiger partial charge in [-0.3, -0.25) is 4.99 Å². The van der Waals surface area contributed by atoms with Crippen LogP contribution in [0.3, 0.4) is 0 Å². The number of aliphatic imine (C=N–C) groups is 1. The smallest absolute Gasteiger partial charge is 0.191 e. The molecule has 0 atom stereocenters. The van der Waals surface area contributed by atoms with Gasteiger partial charge in [-0.2, -0.15) is 0 Å². The normalized spacial score (nSPS) is 15.2. The predicted molar refractivity (Wildman–Crippen MR) is 76.5 cm³/mol. The average Bonchev–Trinajstić information content (AvgIpc) is 3.25. The Kier molecular flexibility index (Phi) is 5.32. The third-order valence-corrected chi connectivity index (χ3v) is 3.46. The number of nitrogens with one attached hydrogen (secondary N) is 2. The third kappa shape index (κ3) is 4.79. The molecule has 3 nitrogen and oxygen atoms in total. The van der Waals surface area contributed by atoms with Gasteiger partial charge in [-0.25, -0.2) is 8.78 Å². The fraction of sp³-hybridized carbons (Fsp3) is 0.533. The van der Waals surface area contributed by atoms with Gasteiger partial charge in [0.25, 0.3) is 0 Å². The number of rotatable bonds is 6. The standard InChI is InChI=1S/C15H21F2N3/c1-18-15(19-8-2-3-11-4-5-11)20-10-12-9-13(16)6-7-14(12)17/h6-7,9,11H,2-5,8,10H2,1H3,(H2,18,19,20). The van der Waals surface area contributed by atoms with E-state index < -0.39 is 11.6 Å². The Morgan fingerprint density at radius 1 is 1.30 bits per heavy atom. The summed E-state index contributed by atoms with van der Waals surface area (Å²) in [6.07, 6.45) is 5.10. The Morgan fingerprint density at radius 2 is 2.10 bits per heavy atom. The summed E-state index contributed by atoms with van der Waals surface area (Å²) < 4.78 is 26.5. The number of hydrogen-bond acceptors (Lipinski definition) is 1. The molecule has 110 valence electrons. The minimum Gasteiger partial charge on any atom is -0.356 e. The van der Waals surface area contributed by atoms with Gasteiger partial charge in [0.05, 0.1) is 0 Å². The highest BCUT2D eigenvalue weighted by molar-refractivity contribution is 5.79. The van der Waals surface area contributed by atoms with Crippen molar-refractivity contribution in [3.63, 3.8) is 0 Å². The first-order valence-electron chi connectivity index (χ1n) is 7.07. The molecule has 2 rings (SSSR count). The van der Waals surface area contributed by atoms with Gasteiger partial charge in [0.1, 0.15) is 11.6 Å². The molecule has 5 heteroatoms. The maximum absolute atomic E-state index is 13.5. The van der Waals surface area contributed by atoms with Crippen molar-refractivity contribution in [1.82, 2.24) is 10.6 Å². The SMILES string of the molecule is CN=C(NCCCC1CC1)NCc1cc(F)ccc1F. The van der Waals surface area contributed by atoms with Crippen LogP contribution < -0.4 is 10.6 Å². The molecule has 20 heavy (non-hydrogen) atoms. The van der Waals surface area contributed by atoms with Crippen molar-refractivity contribution in [1.29, 1.82) is 0 Å². The topological polar surface area (TPSA) is 36.4 Å². The van der Waals surface area contributed by atoms with Crippen LogP contribution in [0.25, 0.3) is 0 Å². The molecule has 2 N–H and O–H groups in total. The largest absolute Gasteiger partial charge is 0.356 e. The maximum atomic E-state index is 13.5. The first-order chi connectivity index (χ1) is 9.69. The molecule has 0 aliphatic heterocycles. The van der Waals surface area contributed by atoms with Crippen LogP contribution in [-0.4, -0.2) is 19.6 Å². The van der Waals surface area contributed by atoms with Crippen LogP contribution in [0.15, 0.2) is 23.2 Å². The van der Waals surface area contributed by atoms with Crippen molar-refractivity contribution in [3.05, 3.63) is 35.4 Å². The fourth-order valence-corrected chi connectivity index (χ4v) is 2.08. The van der Waals surface area contributed by atoms with Crippen LogP contribution in [0.2, 0.25) is 0 Å². The van der Waals surface area contributed by atoms with E-state index in [4.69, 9.17) is 0 Å². The van der Waals surface area contributed by atoms with E-state index in [0.717, 1.165) is 31.0 Å². The van der Waals surface area contributed by atoms with Gasteiger partial charge in [-0.15, -0.1) is 0 Å². The molecular formula is C15H21F2N3. The Hall–Kier alpha value is -1.65. The lowest BCUT2D eigenvalue weighted by Gasteiger charge is -2.12. The molecule has 1 saturated carbocycles. The van der Waals surface area contributed by atoms with Gasteiger partial charge in [0.15, 0.2) is 5.96 Å². The Morgan fingerprint density at radius 3 is 2.80 bits per heavy atom. The van der Waals surface area contributed by atoms with Crippen LogP contribution in [0, 0.1) is 17.6 Å². The molecule has 0 amide bonds. The van der Waals surface area contributed by atoms with Gasteiger partial charge in [0.2, 0.25) is 0 Å². The zero-order valence-electron chi connectivity index (χ0n) is 11.8. The van der Waals surface area contributed by atoms with E-state index in [1.807, 2.05) is 0 Å². The molecule has 0 radical (unpaired) electrons. The van der Waals surface area contributed by atoms with Gasteiger partial charge >= 0.3 is 0 Å². The highest BCUT2D eigenvalue weighted by atomic mass is 19.1. The lowest BCUT2D eigenvalue weighted by Crippen LogP contribution is -2.37. The second kappa shape index (κ2) is 7.22. The first kappa shape index (κ1) is 14.8. The number of benzene rings is 1. The minimum atomic E-state index is -0.435. The molecule has 1 aromatic carbocycles. The molecule has 1 aliphatic rings. The first-order valence-corrected chi connectivity index (χ1v) is 7.07. The number of hydrogen-bond donors (Lipinski definition) is 2. The second-order valence-corrected chi connectivity index (χ2v) is 5.17. The van der Waals surface area contributed by atoms with Crippen molar-refractivity contribution in [2.45, 2.75) is 32.2 Å². The molecule has 0 aromatic heterocycles. The molecular weight excluding hydrogens is 260 g/mol. The van der Waals surface area contributed by atoms with E-state index in [-0.39, 0.29) is 6.54 Å². The van der Waals surface area contributed by atoms with E-state index in [1.165, 1.54) is 25.3 Å². The van der Waals surface area contributed by atoms with E-state index in [0.29, 0.717) is 11.5 Å². The molecule has 0 heterocycles. The third-order valence-electron chi connectivity index (χ3n) is 3.46.